The molecule has 1 saturated heterocycles. The van der Waals surface area contributed by atoms with Gasteiger partial charge in [-0.15, -0.1) is 5.11 Å². The van der Waals surface area contributed by atoms with E-state index in [4.69, 9.17) is 15.0 Å². The monoisotopic (exact) mass is 358 g/mol. The van der Waals surface area contributed by atoms with Crippen LogP contribution >= 0.6 is 0 Å². The van der Waals surface area contributed by atoms with E-state index < -0.39 is 6.23 Å². The molecule has 0 spiro atoms. The third kappa shape index (κ3) is 3.76. The second kappa shape index (κ2) is 7.68. The fraction of sp³-hybridized carbons (Fsp3) is 0.421. The summed E-state index contributed by atoms with van der Waals surface area (Å²) in [5, 5.41) is 3.23. The number of benzene rings is 1. The lowest BCUT2D eigenvalue weighted by Gasteiger charge is -2.30. The maximum absolute atomic E-state index is 13.7. The molecule has 0 aromatic heterocycles. The van der Waals surface area contributed by atoms with Crippen LogP contribution in [0.15, 0.2) is 53.0 Å². The molecule has 6 nitrogen and oxygen atoms in total. The number of esters is 1. The van der Waals surface area contributed by atoms with Gasteiger partial charge in [-0.25, -0.2) is 4.39 Å². The number of allylic oxidation sites excluding steroid dienone is 1. The Bertz CT molecular complexity index is 762. The fourth-order valence-electron chi connectivity index (χ4n) is 3.48. The Morgan fingerprint density at radius 3 is 2.96 bits per heavy atom. The van der Waals surface area contributed by atoms with Crippen LogP contribution in [-0.4, -0.2) is 29.7 Å². The summed E-state index contributed by atoms with van der Waals surface area (Å²) in [7, 11) is 0. The number of carbonyl (C=O) groups excluding carboxylic acids is 1. The molecule has 1 aromatic rings. The number of halogens is 1. The first-order valence-corrected chi connectivity index (χ1v) is 8.61. The lowest BCUT2D eigenvalue weighted by atomic mass is 10.0. The number of ether oxygens (including phenoxy) is 2. The smallest absolute Gasteiger partial charge is 0.302 e. The molecule has 0 saturated carbocycles. The van der Waals surface area contributed by atoms with Gasteiger partial charge in [-0.2, -0.15) is 0 Å². The summed E-state index contributed by atoms with van der Waals surface area (Å²) < 4.78 is 24.6. The van der Waals surface area contributed by atoms with E-state index in [9.17, 15) is 9.18 Å². The Balaban J connectivity index is 1.91. The number of nitrogens with zero attached hydrogens (tertiary/aromatic N) is 3. The average Bonchev–Trinajstić information content (AvgIpc) is 3.04. The Kier molecular flexibility index (Phi) is 5.35. The first-order valence-electron chi connectivity index (χ1n) is 8.61. The number of carbonyl (C=O) groups is 1. The number of hydrogen-bond acceptors (Lipinski definition) is 5. The van der Waals surface area contributed by atoms with Crippen molar-refractivity contribution in [3.8, 4) is 0 Å². The van der Waals surface area contributed by atoms with Crippen molar-refractivity contribution in [1.29, 1.82) is 0 Å². The van der Waals surface area contributed by atoms with Crippen molar-refractivity contribution in [2.24, 2.45) is 5.11 Å². The normalized spacial score (nSPS) is 25.2. The van der Waals surface area contributed by atoms with Crippen molar-refractivity contribution in [3.05, 3.63) is 59.3 Å². The van der Waals surface area contributed by atoms with Gasteiger partial charge in [-0.3, -0.25) is 4.79 Å². The van der Waals surface area contributed by atoms with Crippen LogP contribution in [0, 0.1) is 5.82 Å². The Labute approximate surface area is 151 Å². The first-order chi connectivity index (χ1) is 12.5. The quantitative estimate of drug-likeness (QED) is 0.598. The molecule has 0 bridgehead atoms. The molecule has 26 heavy (non-hydrogen) atoms. The minimum absolute atomic E-state index is 0.151. The van der Waals surface area contributed by atoms with E-state index >= 15 is 0 Å². The van der Waals surface area contributed by atoms with E-state index in [2.05, 4.69) is 5.11 Å². The molecule has 2 aliphatic rings. The molecule has 0 aliphatic carbocycles. The molecule has 1 radical (unpaired) electrons. The summed E-state index contributed by atoms with van der Waals surface area (Å²) in [6, 6.07) is 6.27. The van der Waals surface area contributed by atoms with Crippen LogP contribution in [0.4, 0.5) is 4.39 Å². The van der Waals surface area contributed by atoms with Gasteiger partial charge in [0.05, 0.1) is 18.3 Å². The summed E-state index contributed by atoms with van der Waals surface area (Å²) in [5.74, 6) is -0.649. The lowest BCUT2D eigenvalue weighted by Crippen LogP contribution is -2.28. The van der Waals surface area contributed by atoms with Crippen LogP contribution in [0.25, 0.3) is 0 Å². The van der Waals surface area contributed by atoms with Crippen LogP contribution in [0.1, 0.15) is 38.3 Å². The number of hydrogen-bond donors (Lipinski definition) is 0. The van der Waals surface area contributed by atoms with E-state index in [-0.39, 0.29) is 23.9 Å². The molecule has 137 valence electrons. The van der Waals surface area contributed by atoms with Gasteiger partial charge in [0.2, 0.25) is 6.23 Å². The molecule has 3 rings (SSSR count). The SMILES string of the molecule is CCC1=CC(N2C[C@@H](OC(C)=O)C[C@@H]2c2cccc(F)c2)=COC1N=[N]. The van der Waals surface area contributed by atoms with Gasteiger partial charge in [-0.05, 0) is 41.3 Å². The zero-order valence-corrected chi connectivity index (χ0v) is 14.8. The van der Waals surface area contributed by atoms with Gasteiger partial charge >= 0.3 is 5.97 Å². The van der Waals surface area contributed by atoms with E-state index in [1.807, 2.05) is 24.0 Å². The van der Waals surface area contributed by atoms with Crippen LogP contribution in [-0.2, 0) is 14.3 Å². The Morgan fingerprint density at radius 1 is 1.50 bits per heavy atom. The van der Waals surface area contributed by atoms with Crippen molar-refractivity contribution in [3.63, 3.8) is 0 Å². The van der Waals surface area contributed by atoms with E-state index in [0.717, 1.165) is 16.8 Å². The number of rotatable bonds is 5. The molecule has 1 aromatic carbocycles. The summed E-state index contributed by atoms with van der Waals surface area (Å²) in [6.45, 7) is 3.81. The zero-order chi connectivity index (χ0) is 18.7. The van der Waals surface area contributed by atoms with Crippen molar-refractivity contribution >= 4 is 5.97 Å². The Morgan fingerprint density at radius 2 is 2.31 bits per heavy atom. The Hall–Kier alpha value is -2.70. The van der Waals surface area contributed by atoms with Gasteiger partial charge in [0.1, 0.15) is 18.2 Å². The van der Waals surface area contributed by atoms with E-state index in [1.165, 1.54) is 25.3 Å². The maximum atomic E-state index is 13.7. The average molecular weight is 358 g/mol. The summed E-state index contributed by atoms with van der Waals surface area (Å²) in [4.78, 5) is 13.4. The highest BCUT2D eigenvalue weighted by Crippen LogP contribution is 2.38. The van der Waals surface area contributed by atoms with Crippen LogP contribution in [0.2, 0.25) is 0 Å². The second-order valence-electron chi connectivity index (χ2n) is 6.41. The fourth-order valence-corrected chi connectivity index (χ4v) is 3.48. The van der Waals surface area contributed by atoms with Gasteiger partial charge in [-0.1, -0.05) is 19.1 Å². The molecule has 2 aliphatic heterocycles. The predicted octanol–water partition coefficient (Wildman–Crippen LogP) is 3.29. The van der Waals surface area contributed by atoms with Crippen molar-refractivity contribution in [1.82, 2.24) is 10.4 Å². The molecule has 1 unspecified atom stereocenters. The predicted molar refractivity (Wildman–Crippen MR) is 91.9 cm³/mol. The second-order valence-corrected chi connectivity index (χ2v) is 6.41. The third-order valence-electron chi connectivity index (χ3n) is 4.64. The largest absolute Gasteiger partial charge is 0.469 e. The first kappa shape index (κ1) is 18.1. The van der Waals surface area contributed by atoms with Gasteiger partial charge in [0.25, 0.3) is 0 Å². The summed E-state index contributed by atoms with van der Waals surface area (Å²) >= 11 is 0. The molecular weight excluding hydrogens is 337 g/mol. The van der Waals surface area contributed by atoms with Crippen molar-refractivity contribution in [2.45, 2.75) is 45.1 Å². The molecule has 0 amide bonds. The summed E-state index contributed by atoms with van der Waals surface area (Å²) in [5.41, 5.74) is 11.5. The standard InChI is InChI=1S/C19H21FN3O3/c1-3-13-8-16(11-25-19(13)22-21)23-10-17(26-12(2)24)9-18(23)14-5-4-6-15(20)7-14/h4-8,11,17-19H,3,9-10H2,1-2H3/t17-,18+,19?/m0/s1. The molecule has 3 atom stereocenters. The van der Waals surface area contributed by atoms with Crippen LogP contribution < -0.4 is 5.53 Å². The molecule has 7 heteroatoms. The highest BCUT2D eigenvalue weighted by Gasteiger charge is 2.37. The molecular formula is C19H21FN3O3. The zero-order valence-electron chi connectivity index (χ0n) is 14.8. The summed E-state index contributed by atoms with van der Waals surface area (Å²) in [6.07, 6.45) is 3.67. The van der Waals surface area contributed by atoms with E-state index in [1.54, 1.807) is 6.07 Å². The van der Waals surface area contributed by atoms with Gasteiger partial charge < -0.3 is 14.4 Å². The number of likely N-dealkylation sites (tertiary alicyclic amines) is 1. The minimum atomic E-state index is -0.705. The van der Waals surface area contributed by atoms with Gasteiger partial charge in [0.15, 0.2) is 0 Å². The molecule has 0 N–H and O–H groups in total. The van der Waals surface area contributed by atoms with E-state index in [0.29, 0.717) is 19.4 Å². The molecule has 2 heterocycles. The maximum Gasteiger partial charge on any atom is 0.302 e. The van der Waals surface area contributed by atoms with Crippen molar-refractivity contribution < 1.29 is 18.7 Å². The molecule has 1 fully saturated rings. The highest BCUT2D eigenvalue weighted by atomic mass is 19.1. The third-order valence-corrected chi connectivity index (χ3v) is 4.64. The van der Waals surface area contributed by atoms with Crippen LogP contribution in [0.5, 0.6) is 0 Å². The minimum Gasteiger partial charge on any atom is -0.469 e. The van der Waals surface area contributed by atoms with Crippen molar-refractivity contribution in [2.75, 3.05) is 6.54 Å². The highest BCUT2D eigenvalue weighted by molar-refractivity contribution is 5.66. The topological polar surface area (TPSA) is 73.4 Å². The lowest BCUT2D eigenvalue weighted by molar-refractivity contribution is -0.145. The van der Waals surface area contributed by atoms with Gasteiger partial charge in [0, 0.05) is 13.3 Å². The van der Waals surface area contributed by atoms with Crippen LogP contribution in [0.3, 0.4) is 0 Å².